The number of phenols is 1. The molecule has 2 aromatic carbocycles. The fourth-order valence-corrected chi connectivity index (χ4v) is 7.89. The van der Waals surface area contributed by atoms with Gasteiger partial charge in [0.2, 0.25) is 5.78 Å². The predicted octanol–water partition coefficient (Wildman–Crippen LogP) is 6.05. The Morgan fingerprint density at radius 2 is 1.80 bits per heavy atom. The molecule has 0 saturated carbocycles. The summed E-state index contributed by atoms with van der Waals surface area (Å²) in [6.45, 7) is 3.43. The second-order valence-corrected chi connectivity index (χ2v) is 12.5. The first-order valence-electron chi connectivity index (χ1n) is 15.3. The van der Waals surface area contributed by atoms with Crippen LogP contribution in [0.4, 0.5) is 13.2 Å². The molecule has 7 nitrogen and oxygen atoms in total. The number of rotatable bonds is 6. The van der Waals surface area contributed by atoms with Gasteiger partial charge in [-0.2, -0.15) is 13.2 Å². The Morgan fingerprint density at radius 3 is 2.41 bits per heavy atom. The van der Waals surface area contributed by atoms with Crippen LogP contribution in [-0.4, -0.2) is 39.5 Å². The number of primary amides is 1. The Kier molecular flexibility index (Phi) is 7.83. The number of allylic oxidation sites excluding steroid dienone is 6. The summed E-state index contributed by atoms with van der Waals surface area (Å²) >= 11 is 0. The number of ether oxygens (including phenoxy) is 1. The molecule has 10 heteroatoms. The monoisotopic (exact) mass is 633 g/mol. The Hall–Kier alpha value is -4.44. The van der Waals surface area contributed by atoms with Crippen LogP contribution >= 0.6 is 0 Å². The molecule has 0 aromatic heterocycles. The highest BCUT2D eigenvalue weighted by molar-refractivity contribution is 6.25. The Labute approximate surface area is 263 Å². The Bertz CT molecular complexity index is 1780. The average Bonchev–Trinajstić information content (AvgIpc) is 3.01. The molecule has 0 aliphatic heterocycles. The van der Waals surface area contributed by atoms with Crippen molar-refractivity contribution in [2.75, 3.05) is 0 Å². The number of aromatic hydroxyl groups is 1. The number of hydrogen-bond acceptors (Lipinski definition) is 6. The molecule has 1 amide bonds. The van der Waals surface area contributed by atoms with Crippen LogP contribution in [0.2, 0.25) is 0 Å². The minimum atomic E-state index is -4.43. The number of carbonyl (C=O) groups excluding carboxylic acids is 3. The van der Waals surface area contributed by atoms with E-state index >= 15 is 0 Å². The first kappa shape index (κ1) is 31.5. The van der Waals surface area contributed by atoms with Gasteiger partial charge >= 0.3 is 6.18 Å². The first-order valence-corrected chi connectivity index (χ1v) is 15.3. The maximum atomic E-state index is 14.2. The van der Waals surface area contributed by atoms with E-state index in [0.717, 1.165) is 11.6 Å². The van der Waals surface area contributed by atoms with Crippen LogP contribution in [0.15, 0.2) is 82.7 Å². The molecule has 0 radical (unpaired) electrons. The molecule has 240 valence electrons. The normalized spacial score (nSPS) is 26.2. The van der Waals surface area contributed by atoms with Gasteiger partial charge in [0, 0.05) is 23.0 Å². The molecule has 46 heavy (non-hydrogen) atoms. The quantitative estimate of drug-likeness (QED) is 0.333. The molecule has 0 bridgehead atoms. The standard InChI is InChI=1S/C36H34F3NO6/c1-3-23-26-16-21-15-25-24(20-9-11-22(12-10-20)36(37,38)39)13-14-27(41)29(25)31(42)28(21)18(2)35(26,45)33(43)30(34(40)44)32(23)46-17-19-7-5-4-6-8-19/h4-9,11,13-14,21,23,26,41,45H,3,10,12,15-17H2,1-2H3,(H2,40,44)/t21-,23-,26-,35+/m0/s1. The largest absolute Gasteiger partial charge is 0.507 e. The van der Waals surface area contributed by atoms with Gasteiger partial charge in [-0.1, -0.05) is 55.5 Å². The minimum absolute atomic E-state index is 0.00416. The Balaban J connectivity index is 1.44. The smallest absolute Gasteiger partial charge is 0.412 e. The maximum Gasteiger partial charge on any atom is 0.412 e. The van der Waals surface area contributed by atoms with E-state index in [4.69, 9.17) is 10.5 Å². The van der Waals surface area contributed by atoms with Crippen LogP contribution in [-0.2, 0) is 27.4 Å². The maximum absolute atomic E-state index is 14.2. The number of phenolic OH excluding ortho intramolecular Hbond substituents is 1. The number of alkyl halides is 3. The van der Waals surface area contributed by atoms with Crippen LogP contribution in [0.25, 0.3) is 5.57 Å². The van der Waals surface area contributed by atoms with Gasteiger partial charge in [-0.25, -0.2) is 0 Å². The lowest BCUT2D eigenvalue weighted by molar-refractivity contribution is -0.144. The number of halogens is 3. The molecule has 4 N–H and O–H groups in total. The number of aliphatic hydroxyl groups is 1. The first-order chi connectivity index (χ1) is 21.8. The van der Waals surface area contributed by atoms with Crippen LogP contribution in [0.3, 0.4) is 0 Å². The SMILES string of the molecule is CC[C@@H]1C(OCc2ccccc2)=C(C(N)=O)C(=O)[C@@]2(O)C(C)=C3C(=O)c4c(O)ccc(C5=CC=C(C(F)(F)F)CC5)c4C[C@H]3C[C@@H]12. The summed E-state index contributed by atoms with van der Waals surface area (Å²) in [6, 6.07) is 12.2. The molecular formula is C36H34F3NO6. The van der Waals surface area contributed by atoms with Crippen molar-refractivity contribution in [1.29, 1.82) is 0 Å². The number of carbonyl (C=O) groups is 3. The third-order valence-corrected chi connectivity index (χ3v) is 10.1. The zero-order valence-electron chi connectivity index (χ0n) is 25.4. The van der Waals surface area contributed by atoms with Gasteiger partial charge in [0.05, 0.1) is 5.56 Å². The van der Waals surface area contributed by atoms with Crippen LogP contribution in [0, 0.1) is 17.8 Å². The summed E-state index contributed by atoms with van der Waals surface area (Å²) in [4.78, 5) is 41.0. The van der Waals surface area contributed by atoms with Crippen molar-refractivity contribution in [3.05, 3.63) is 105 Å². The topological polar surface area (TPSA) is 127 Å². The van der Waals surface area contributed by atoms with Crippen molar-refractivity contribution < 1.29 is 42.5 Å². The highest BCUT2D eigenvalue weighted by Crippen LogP contribution is 2.55. The lowest BCUT2D eigenvalue weighted by Gasteiger charge is -2.50. The van der Waals surface area contributed by atoms with E-state index in [2.05, 4.69) is 0 Å². The van der Waals surface area contributed by atoms with Crippen LogP contribution in [0.5, 0.6) is 5.75 Å². The predicted molar refractivity (Wildman–Crippen MR) is 163 cm³/mol. The summed E-state index contributed by atoms with van der Waals surface area (Å²) in [7, 11) is 0. The van der Waals surface area contributed by atoms with Crippen LogP contribution < -0.4 is 5.73 Å². The van der Waals surface area contributed by atoms with Crippen molar-refractivity contribution >= 4 is 23.0 Å². The van der Waals surface area contributed by atoms with Crippen LogP contribution in [0.1, 0.15) is 66.6 Å². The number of hydrogen-bond donors (Lipinski definition) is 3. The van der Waals surface area contributed by atoms with E-state index in [-0.39, 0.29) is 60.5 Å². The lowest BCUT2D eigenvalue weighted by atomic mass is 9.55. The second kappa shape index (κ2) is 11.4. The van der Waals surface area contributed by atoms with Gasteiger partial charge in [-0.3, -0.25) is 14.4 Å². The molecule has 0 unspecified atom stereocenters. The average molecular weight is 634 g/mol. The van der Waals surface area contributed by atoms with Gasteiger partial charge in [-0.05, 0) is 78.8 Å². The van der Waals surface area contributed by atoms with Gasteiger partial charge < -0.3 is 20.7 Å². The van der Waals surface area contributed by atoms with Gasteiger partial charge in [0.1, 0.15) is 23.7 Å². The number of fused-ring (bicyclic) bond motifs is 3. The summed E-state index contributed by atoms with van der Waals surface area (Å²) in [5.74, 6) is -4.50. The van der Waals surface area contributed by atoms with Gasteiger partial charge in [-0.15, -0.1) is 0 Å². The molecule has 0 spiro atoms. The highest BCUT2D eigenvalue weighted by atomic mass is 19.4. The lowest BCUT2D eigenvalue weighted by Crippen LogP contribution is -2.59. The van der Waals surface area contributed by atoms with E-state index in [0.29, 0.717) is 23.1 Å². The third kappa shape index (κ3) is 4.90. The molecule has 0 fully saturated rings. The molecule has 4 aliphatic rings. The zero-order valence-corrected chi connectivity index (χ0v) is 25.4. The van der Waals surface area contributed by atoms with E-state index in [1.165, 1.54) is 19.1 Å². The number of ketones is 2. The van der Waals surface area contributed by atoms with E-state index in [1.807, 2.05) is 37.3 Å². The Morgan fingerprint density at radius 1 is 1.09 bits per heavy atom. The van der Waals surface area contributed by atoms with E-state index < -0.39 is 58.2 Å². The van der Waals surface area contributed by atoms with Gasteiger partial charge in [0.15, 0.2) is 11.4 Å². The van der Waals surface area contributed by atoms with Crippen molar-refractivity contribution in [3.8, 4) is 5.75 Å². The zero-order chi connectivity index (χ0) is 33.1. The number of amides is 1. The van der Waals surface area contributed by atoms with E-state index in [9.17, 15) is 37.8 Å². The second-order valence-electron chi connectivity index (χ2n) is 12.5. The summed E-state index contributed by atoms with van der Waals surface area (Å²) in [6.07, 6.45) is -1.21. The molecule has 2 aromatic rings. The van der Waals surface area contributed by atoms with E-state index in [1.54, 1.807) is 6.07 Å². The van der Waals surface area contributed by atoms with Crippen molar-refractivity contribution in [2.24, 2.45) is 23.5 Å². The molecule has 0 heterocycles. The van der Waals surface area contributed by atoms with Crippen molar-refractivity contribution in [2.45, 2.75) is 64.3 Å². The fraction of sp³-hybridized carbons (Fsp3) is 0.361. The molecule has 4 aliphatic carbocycles. The summed E-state index contributed by atoms with van der Waals surface area (Å²) < 4.78 is 46.0. The molecule has 0 saturated heterocycles. The number of nitrogens with two attached hydrogens (primary N) is 1. The summed E-state index contributed by atoms with van der Waals surface area (Å²) in [5, 5.41) is 23.1. The highest BCUT2D eigenvalue weighted by Gasteiger charge is 2.60. The molecular weight excluding hydrogens is 599 g/mol. The summed E-state index contributed by atoms with van der Waals surface area (Å²) in [5.41, 5.74) is 5.30. The third-order valence-electron chi connectivity index (χ3n) is 10.1. The fourth-order valence-electron chi connectivity index (χ4n) is 7.89. The molecule has 6 rings (SSSR count). The van der Waals surface area contributed by atoms with Crippen molar-refractivity contribution in [3.63, 3.8) is 0 Å². The van der Waals surface area contributed by atoms with Gasteiger partial charge in [0.25, 0.3) is 5.91 Å². The molecule has 4 atom stereocenters. The number of Topliss-reactive ketones (excluding diaryl/α,β-unsaturated/α-hetero) is 2. The minimum Gasteiger partial charge on any atom is -0.507 e. The number of benzene rings is 2. The van der Waals surface area contributed by atoms with Crippen molar-refractivity contribution in [1.82, 2.24) is 0 Å².